The fourth-order valence-corrected chi connectivity index (χ4v) is 3.29. The van der Waals surface area contributed by atoms with Crippen LogP contribution >= 0.6 is 0 Å². The third-order valence-electron chi connectivity index (χ3n) is 3.83. The van der Waals surface area contributed by atoms with E-state index < -0.39 is 28.6 Å². The maximum absolute atomic E-state index is 14.1. The molecule has 0 unspecified atom stereocenters. The van der Waals surface area contributed by atoms with Crippen LogP contribution in [0.1, 0.15) is 15.9 Å². The molecule has 2 aromatic carbocycles. The van der Waals surface area contributed by atoms with E-state index in [-0.39, 0.29) is 12.3 Å². The monoisotopic (exact) mass is 376 g/mol. The van der Waals surface area contributed by atoms with Gasteiger partial charge in [-0.05, 0) is 35.9 Å². The van der Waals surface area contributed by atoms with E-state index in [0.29, 0.717) is 23.5 Å². The summed E-state index contributed by atoms with van der Waals surface area (Å²) in [7, 11) is -1.03. The highest BCUT2D eigenvalue weighted by atomic mass is 32.2. The van der Waals surface area contributed by atoms with Gasteiger partial charge in [0.1, 0.15) is 12.4 Å². The summed E-state index contributed by atoms with van der Waals surface area (Å²) in [6.07, 6.45) is 1.07. The van der Waals surface area contributed by atoms with Crippen LogP contribution in [-0.2, 0) is 21.3 Å². The van der Waals surface area contributed by atoms with Crippen molar-refractivity contribution in [2.75, 3.05) is 29.6 Å². The maximum atomic E-state index is 14.1. The van der Waals surface area contributed by atoms with Crippen molar-refractivity contribution in [2.45, 2.75) is 5.75 Å². The van der Waals surface area contributed by atoms with Crippen molar-refractivity contribution < 1.29 is 22.9 Å². The van der Waals surface area contributed by atoms with Crippen LogP contribution in [0.5, 0.6) is 0 Å². The Bertz CT molecular complexity index is 887. The van der Waals surface area contributed by atoms with Gasteiger partial charge in [0.25, 0.3) is 5.91 Å². The van der Waals surface area contributed by atoms with Gasteiger partial charge < -0.3 is 10.1 Å². The molecule has 0 spiro atoms. The first-order chi connectivity index (χ1) is 12.4. The molecule has 1 fully saturated rings. The minimum Gasteiger partial charge on any atom is -0.447 e. The van der Waals surface area contributed by atoms with Crippen LogP contribution in [0.4, 0.5) is 20.6 Å². The molecule has 1 atom stereocenters. The SMILES string of the molecule is C[S@@](=O)Cc1cccc(C(=O)Nc2cc(N3CCOC3=O)ccc2F)c1. The molecule has 0 radical (unpaired) electrons. The van der Waals surface area contributed by atoms with Gasteiger partial charge in [-0.3, -0.25) is 13.9 Å². The first-order valence-corrected chi connectivity index (χ1v) is 9.61. The zero-order valence-corrected chi connectivity index (χ0v) is 14.8. The topological polar surface area (TPSA) is 75.7 Å². The quantitative estimate of drug-likeness (QED) is 0.871. The summed E-state index contributed by atoms with van der Waals surface area (Å²) in [4.78, 5) is 25.4. The highest BCUT2D eigenvalue weighted by Crippen LogP contribution is 2.25. The standard InChI is InChI=1S/C18H17FN2O4S/c1-26(24)11-12-3-2-4-13(9-12)17(22)20-16-10-14(5-6-15(16)19)21-7-8-25-18(21)23/h2-6,9-10H,7-8,11H2,1H3,(H,20,22)/t26-/m1/s1. The number of halogens is 1. The summed E-state index contributed by atoms with van der Waals surface area (Å²) in [5.41, 5.74) is 1.50. The molecular weight excluding hydrogens is 359 g/mol. The summed E-state index contributed by atoms with van der Waals surface area (Å²) in [5.74, 6) is -0.767. The molecule has 3 rings (SSSR count). The van der Waals surface area contributed by atoms with Gasteiger partial charge in [-0.25, -0.2) is 9.18 Å². The fraction of sp³-hybridized carbons (Fsp3) is 0.222. The third kappa shape index (κ3) is 4.08. The number of nitrogens with one attached hydrogen (secondary N) is 1. The van der Waals surface area contributed by atoms with Crippen molar-refractivity contribution >= 4 is 34.2 Å². The molecule has 6 nitrogen and oxygen atoms in total. The molecule has 1 saturated heterocycles. The molecule has 1 N–H and O–H groups in total. The van der Waals surface area contributed by atoms with Gasteiger partial charge in [-0.15, -0.1) is 0 Å². The van der Waals surface area contributed by atoms with Crippen molar-refractivity contribution in [3.63, 3.8) is 0 Å². The first kappa shape index (κ1) is 18.1. The molecule has 136 valence electrons. The Kier molecular flexibility index (Phi) is 5.32. The number of anilines is 2. The number of carbonyl (C=O) groups excluding carboxylic acids is 2. The molecule has 8 heteroatoms. The second-order valence-electron chi connectivity index (χ2n) is 5.80. The Hall–Kier alpha value is -2.74. The lowest BCUT2D eigenvalue weighted by Gasteiger charge is -2.15. The maximum Gasteiger partial charge on any atom is 0.414 e. The van der Waals surface area contributed by atoms with Crippen molar-refractivity contribution in [3.8, 4) is 0 Å². The van der Waals surface area contributed by atoms with Gasteiger partial charge in [0.15, 0.2) is 0 Å². The Balaban J connectivity index is 1.81. The van der Waals surface area contributed by atoms with Crippen LogP contribution in [0.2, 0.25) is 0 Å². The van der Waals surface area contributed by atoms with Gasteiger partial charge in [0, 0.05) is 34.1 Å². The van der Waals surface area contributed by atoms with Crippen LogP contribution in [0.15, 0.2) is 42.5 Å². The zero-order valence-electron chi connectivity index (χ0n) is 14.0. The van der Waals surface area contributed by atoms with Crippen LogP contribution in [-0.4, -0.2) is 35.6 Å². The molecule has 1 aliphatic rings. The van der Waals surface area contributed by atoms with E-state index in [2.05, 4.69) is 5.32 Å². The van der Waals surface area contributed by atoms with Crippen molar-refractivity contribution in [1.82, 2.24) is 0 Å². The molecule has 0 aliphatic carbocycles. The van der Waals surface area contributed by atoms with E-state index in [0.717, 1.165) is 5.56 Å². The molecule has 0 saturated carbocycles. The van der Waals surface area contributed by atoms with Crippen molar-refractivity contribution in [1.29, 1.82) is 0 Å². The third-order valence-corrected chi connectivity index (χ3v) is 4.57. The minimum absolute atomic E-state index is 0.0309. The highest BCUT2D eigenvalue weighted by Gasteiger charge is 2.24. The number of hydrogen-bond acceptors (Lipinski definition) is 4. The highest BCUT2D eigenvalue weighted by molar-refractivity contribution is 7.83. The summed E-state index contributed by atoms with van der Waals surface area (Å²) in [6, 6.07) is 10.7. The van der Waals surface area contributed by atoms with E-state index in [1.807, 2.05) is 0 Å². The van der Waals surface area contributed by atoms with Gasteiger partial charge in [-0.2, -0.15) is 0 Å². The van der Waals surface area contributed by atoms with Gasteiger partial charge in [0.05, 0.1) is 12.2 Å². The number of nitrogens with zero attached hydrogens (tertiary/aromatic N) is 1. The predicted octanol–water partition coefficient (Wildman–Crippen LogP) is 2.91. The van der Waals surface area contributed by atoms with Crippen molar-refractivity contribution in [2.24, 2.45) is 0 Å². The Morgan fingerprint density at radius 1 is 1.31 bits per heavy atom. The average Bonchev–Trinajstić information content (AvgIpc) is 3.02. The number of ether oxygens (including phenoxy) is 1. The lowest BCUT2D eigenvalue weighted by molar-refractivity contribution is 0.102. The number of rotatable bonds is 5. The molecule has 1 aliphatic heterocycles. The Morgan fingerprint density at radius 3 is 2.81 bits per heavy atom. The molecule has 2 aromatic rings. The van der Waals surface area contributed by atoms with Crippen LogP contribution in [0, 0.1) is 5.82 Å². The predicted molar refractivity (Wildman–Crippen MR) is 97.3 cm³/mol. The second kappa shape index (κ2) is 7.65. The largest absolute Gasteiger partial charge is 0.447 e. The van der Waals surface area contributed by atoms with E-state index in [1.165, 1.54) is 23.1 Å². The number of cyclic esters (lactones) is 1. The summed E-state index contributed by atoms with van der Waals surface area (Å²) in [5, 5.41) is 2.52. The van der Waals surface area contributed by atoms with Crippen LogP contribution < -0.4 is 10.2 Å². The number of hydrogen-bond donors (Lipinski definition) is 1. The summed E-state index contributed by atoms with van der Waals surface area (Å²) < 4.78 is 30.3. The van der Waals surface area contributed by atoms with Crippen molar-refractivity contribution in [3.05, 3.63) is 59.4 Å². The summed E-state index contributed by atoms with van der Waals surface area (Å²) >= 11 is 0. The first-order valence-electron chi connectivity index (χ1n) is 7.88. The van der Waals surface area contributed by atoms with Gasteiger partial charge in [0.2, 0.25) is 0 Å². The Labute approximate surface area is 152 Å². The molecule has 26 heavy (non-hydrogen) atoms. The number of benzene rings is 2. The second-order valence-corrected chi connectivity index (χ2v) is 7.24. The smallest absolute Gasteiger partial charge is 0.414 e. The van der Waals surface area contributed by atoms with E-state index in [1.54, 1.807) is 30.5 Å². The lowest BCUT2D eigenvalue weighted by Crippen LogP contribution is -2.23. The number of carbonyl (C=O) groups is 2. The van der Waals surface area contributed by atoms with Crippen LogP contribution in [0.3, 0.4) is 0 Å². The molecule has 0 aromatic heterocycles. The minimum atomic E-state index is -1.03. The van der Waals surface area contributed by atoms with E-state index in [9.17, 15) is 18.2 Å². The average molecular weight is 376 g/mol. The van der Waals surface area contributed by atoms with E-state index in [4.69, 9.17) is 4.74 Å². The van der Waals surface area contributed by atoms with E-state index >= 15 is 0 Å². The molecular formula is C18H17FN2O4S. The Morgan fingerprint density at radius 2 is 2.12 bits per heavy atom. The molecule has 2 amide bonds. The molecule has 1 heterocycles. The normalized spacial score (nSPS) is 14.8. The fourth-order valence-electron chi connectivity index (χ4n) is 2.64. The summed E-state index contributed by atoms with van der Waals surface area (Å²) in [6.45, 7) is 0.636. The van der Waals surface area contributed by atoms with Gasteiger partial charge in [-0.1, -0.05) is 12.1 Å². The molecule has 0 bridgehead atoms. The lowest BCUT2D eigenvalue weighted by atomic mass is 10.1. The number of amides is 2. The van der Waals surface area contributed by atoms with Crippen LogP contribution in [0.25, 0.3) is 0 Å². The zero-order chi connectivity index (χ0) is 18.7. The van der Waals surface area contributed by atoms with Gasteiger partial charge >= 0.3 is 6.09 Å².